The van der Waals surface area contributed by atoms with Gasteiger partial charge in [-0.05, 0) is 24.3 Å². The SMILES string of the molecule is Nc1nc(NC(=O)c2cccnc2)nc(-c2c(Cl)cccc2Cl)n1. The van der Waals surface area contributed by atoms with Gasteiger partial charge < -0.3 is 5.73 Å². The number of carbonyl (C=O) groups excluding carboxylic acids is 1. The molecule has 1 aromatic carbocycles. The average molecular weight is 361 g/mol. The second-order valence-electron chi connectivity index (χ2n) is 4.63. The van der Waals surface area contributed by atoms with E-state index in [1.165, 1.54) is 6.20 Å². The Morgan fingerprint density at radius 1 is 1.04 bits per heavy atom. The standard InChI is InChI=1S/C15H10Cl2N6O/c16-9-4-1-5-10(17)11(9)12-20-14(18)23-15(21-12)22-13(24)8-3-2-6-19-7-8/h1-7H,(H3,18,20,21,22,23,24). The maximum absolute atomic E-state index is 12.2. The molecule has 0 saturated carbocycles. The van der Waals surface area contributed by atoms with Crippen LogP contribution in [0.4, 0.5) is 11.9 Å². The molecule has 120 valence electrons. The van der Waals surface area contributed by atoms with Crippen LogP contribution >= 0.6 is 23.2 Å². The fraction of sp³-hybridized carbons (Fsp3) is 0. The van der Waals surface area contributed by atoms with E-state index < -0.39 is 5.91 Å². The number of anilines is 2. The van der Waals surface area contributed by atoms with Crippen LogP contribution in [0.15, 0.2) is 42.7 Å². The summed E-state index contributed by atoms with van der Waals surface area (Å²) in [5.41, 5.74) is 6.46. The molecule has 2 heterocycles. The highest BCUT2D eigenvalue weighted by atomic mass is 35.5. The van der Waals surface area contributed by atoms with Gasteiger partial charge in [0.15, 0.2) is 5.82 Å². The number of pyridine rings is 1. The number of hydrogen-bond donors (Lipinski definition) is 2. The molecule has 1 amide bonds. The van der Waals surface area contributed by atoms with Gasteiger partial charge in [0.1, 0.15) is 0 Å². The lowest BCUT2D eigenvalue weighted by Crippen LogP contribution is -2.16. The molecule has 0 atom stereocenters. The fourth-order valence-electron chi connectivity index (χ4n) is 1.94. The minimum atomic E-state index is -0.426. The monoisotopic (exact) mass is 360 g/mol. The van der Waals surface area contributed by atoms with Gasteiger partial charge in [0.05, 0.1) is 21.2 Å². The molecule has 3 aromatic rings. The third-order valence-corrected chi connectivity index (χ3v) is 3.62. The van der Waals surface area contributed by atoms with Crippen molar-refractivity contribution in [2.75, 3.05) is 11.1 Å². The van der Waals surface area contributed by atoms with Crippen LogP contribution in [0.1, 0.15) is 10.4 Å². The lowest BCUT2D eigenvalue weighted by molar-refractivity contribution is 0.102. The molecule has 7 nitrogen and oxygen atoms in total. The van der Waals surface area contributed by atoms with E-state index in [2.05, 4.69) is 25.3 Å². The highest BCUT2D eigenvalue weighted by Gasteiger charge is 2.15. The lowest BCUT2D eigenvalue weighted by atomic mass is 10.2. The van der Waals surface area contributed by atoms with Crippen molar-refractivity contribution in [1.29, 1.82) is 0 Å². The van der Waals surface area contributed by atoms with Gasteiger partial charge in [0, 0.05) is 12.4 Å². The van der Waals surface area contributed by atoms with Crippen molar-refractivity contribution in [1.82, 2.24) is 19.9 Å². The topological polar surface area (TPSA) is 107 Å². The van der Waals surface area contributed by atoms with E-state index >= 15 is 0 Å². The first-order valence-electron chi connectivity index (χ1n) is 6.72. The van der Waals surface area contributed by atoms with E-state index in [4.69, 9.17) is 28.9 Å². The largest absolute Gasteiger partial charge is 0.368 e. The van der Waals surface area contributed by atoms with Gasteiger partial charge in [-0.25, -0.2) is 0 Å². The zero-order valence-corrected chi connectivity index (χ0v) is 13.6. The smallest absolute Gasteiger partial charge is 0.259 e. The van der Waals surface area contributed by atoms with Gasteiger partial charge in [-0.2, -0.15) is 15.0 Å². The molecule has 0 spiro atoms. The normalized spacial score (nSPS) is 10.4. The molecular formula is C15H10Cl2N6O. The Morgan fingerprint density at radius 3 is 2.46 bits per heavy atom. The molecule has 0 bridgehead atoms. The quantitative estimate of drug-likeness (QED) is 0.743. The second-order valence-corrected chi connectivity index (χ2v) is 5.45. The molecule has 0 radical (unpaired) electrons. The Kier molecular flexibility index (Phi) is 4.54. The number of nitrogens with two attached hydrogens (primary N) is 1. The van der Waals surface area contributed by atoms with Crippen molar-refractivity contribution in [3.8, 4) is 11.4 Å². The molecule has 0 unspecified atom stereocenters. The van der Waals surface area contributed by atoms with E-state index in [1.807, 2.05) is 0 Å². The summed E-state index contributed by atoms with van der Waals surface area (Å²) in [6.07, 6.45) is 2.99. The zero-order valence-electron chi connectivity index (χ0n) is 12.1. The lowest BCUT2D eigenvalue weighted by Gasteiger charge is -2.08. The van der Waals surface area contributed by atoms with E-state index in [-0.39, 0.29) is 17.7 Å². The molecule has 0 fully saturated rings. The number of hydrogen-bond acceptors (Lipinski definition) is 6. The summed E-state index contributed by atoms with van der Waals surface area (Å²) in [5.74, 6) is -0.343. The maximum Gasteiger partial charge on any atom is 0.259 e. The number of carbonyl (C=O) groups is 1. The summed E-state index contributed by atoms with van der Waals surface area (Å²) < 4.78 is 0. The predicted molar refractivity (Wildman–Crippen MR) is 91.9 cm³/mol. The van der Waals surface area contributed by atoms with Crippen LogP contribution in [0, 0.1) is 0 Å². The van der Waals surface area contributed by atoms with Crippen molar-refractivity contribution in [3.05, 3.63) is 58.3 Å². The molecule has 0 saturated heterocycles. The summed E-state index contributed by atoms with van der Waals surface area (Å²) in [6, 6.07) is 8.25. The van der Waals surface area contributed by atoms with Crippen molar-refractivity contribution in [2.24, 2.45) is 0 Å². The van der Waals surface area contributed by atoms with Gasteiger partial charge in [-0.15, -0.1) is 0 Å². The number of aromatic nitrogens is 4. The Balaban J connectivity index is 1.97. The van der Waals surface area contributed by atoms with Crippen molar-refractivity contribution >= 4 is 41.0 Å². The van der Waals surface area contributed by atoms with Crippen molar-refractivity contribution in [3.63, 3.8) is 0 Å². The number of nitrogens with zero attached hydrogens (tertiary/aromatic N) is 4. The van der Waals surface area contributed by atoms with Crippen LogP contribution in [0.25, 0.3) is 11.4 Å². The molecular weight excluding hydrogens is 351 g/mol. The van der Waals surface area contributed by atoms with Crippen LogP contribution in [0.2, 0.25) is 10.0 Å². The third-order valence-electron chi connectivity index (χ3n) is 2.99. The summed E-state index contributed by atoms with van der Waals surface area (Å²) >= 11 is 12.3. The summed E-state index contributed by atoms with van der Waals surface area (Å²) in [6.45, 7) is 0. The average Bonchev–Trinajstić information content (AvgIpc) is 2.55. The van der Waals surface area contributed by atoms with Gasteiger partial charge in [0.25, 0.3) is 5.91 Å². The summed E-state index contributed by atoms with van der Waals surface area (Å²) in [7, 11) is 0. The molecule has 2 aromatic heterocycles. The minimum Gasteiger partial charge on any atom is -0.368 e. The van der Waals surface area contributed by atoms with E-state index in [0.717, 1.165) is 0 Å². The highest BCUT2D eigenvalue weighted by molar-refractivity contribution is 6.39. The molecule has 0 aliphatic rings. The van der Waals surface area contributed by atoms with Gasteiger partial charge in [0.2, 0.25) is 11.9 Å². The van der Waals surface area contributed by atoms with Crippen LogP contribution in [0.5, 0.6) is 0 Å². The molecule has 9 heteroatoms. The maximum atomic E-state index is 12.2. The molecule has 0 aliphatic heterocycles. The fourth-order valence-corrected chi connectivity index (χ4v) is 2.51. The predicted octanol–water partition coefficient (Wildman–Crippen LogP) is 3.07. The Morgan fingerprint density at radius 2 is 1.79 bits per heavy atom. The highest BCUT2D eigenvalue weighted by Crippen LogP contribution is 2.32. The van der Waals surface area contributed by atoms with Gasteiger partial charge in [-0.1, -0.05) is 29.3 Å². The number of nitrogen functional groups attached to an aromatic ring is 1. The summed E-state index contributed by atoms with van der Waals surface area (Å²) in [5, 5.41) is 3.26. The number of nitrogens with one attached hydrogen (secondary N) is 1. The number of rotatable bonds is 3. The molecule has 0 aliphatic carbocycles. The summed E-state index contributed by atoms with van der Waals surface area (Å²) in [4.78, 5) is 28.1. The van der Waals surface area contributed by atoms with Crippen molar-refractivity contribution in [2.45, 2.75) is 0 Å². The molecule has 3 rings (SSSR count). The first kappa shape index (κ1) is 16.1. The number of halogens is 2. The van der Waals surface area contributed by atoms with Crippen LogP contribution < -0.4 is 11.1 Å². The molecule has 3 N–H and O–H groups in total. The minimum absolute atomic E-state index is 0.0117. The van der Waals surface area contributed by atoms with Crippen LogP contribution in [0.3, 0.4) is 0 Å². The van der Waals surface area contributed by atoms with Crippen LogP contribution in [-0.4, -0.2) is 25.8 Å². The first-order valence-corrected chi connectivity index (χ1v) is 7.47. The van der Waals surface area contributed by atoms with E-state index in [0.29, 0.717) is 21.2 Å². The van der Waals surface area contributed by atoms with Crippen molar-refractivity contribution < 1.29 is 4.79 Å². The Hall–Kier alpha value is -2.77. The zero-order chi connectivity index (χ0) is 17.1. The van der Waals surface area contributed by atoms with Crippen LogP contribution in [-0.2, 0) is 0 Å². The number of amides is 1. The number of benzene rings is 1. The Bertz CT molecular complexity index is 883. The second kappa shape index (κ2) is 6.77. The van der Waals surface area contributed by atoms with Gasteiger partial charge in [-0.3, -0.25) is 15.1 Å². The Labute approximate surface area is 146 Å². The van der Waals surface area contributed by atoms with E-state index in [1.54, 1.807) is 36.5 Å². The molecule has 24 heavy (non-hydrogen) atoms. The van der Waals surface area contributed by atoms with Gasteiger partial charge >= 0.3 is 0 Å². The third kappa shape index (κ3) is 3.42. The van der Waals surface area contributed by atoms with E-state index in [9.17, 15) is 4.79 Å². The first-order chi connectivity index (χ1) is 11.5.